The Kier molecular flexibility index (Phi) is 9.69. The predicted molar refractivity (Wildman–Crippen MR) is 104 cm³/mol. The van der Waals surface area contributed by atoms with Gasteiger partial charge in [0.15, 0.2) is 0 Å². The van der Waals surface area contributed by atoms with Crippen LogP contribution < -0.4 is 2.89 Å². The van der Waals surface area contributed by atoms with Gasteiger partial charge in [0.25, 0.3) is 0 Å². The third-order valence-corrected chi connectivity index (χ3v) is 11.9. The zero-order valence-electron chi connectivity index (χ0n) is 15.7. The van der Waals surface area contributed by atoms with E-state index in [9.17, 15) is 5.11 Å². The first kappa shape index (κ1) is 21.4. The van der Waals surface area contributed by atoms with E-state index in [0.29, 0.717) is 3.43 Å². The molecule has 0 aromatic carbocycles. The Balaban J connectivity index is 2.93. The van der Waals surface area contributed by atoms with E-state index in [-0.39, 0.29) is 0 Å². The van der Waals surface area contributed by atoms with Crippen molar-refractivity contribution in [3.8, 4) is 0 Å². The van der Waals surface area contributed by atoms with Gasteiger partial charge >= 0.3 is 158 Å². The molecule has 0 fully saturated rings. The summed E-state index contributed by atoms with van der Waals surface area (Å²) in [6.07, 6.45) is 14.3. The molecule has 0 amide bonds. The Morgan fingerprint density at radius 2 is 1.48 bits per heavy atom. The Morgan fingerprint density at radius 3 is 1.83 bits per heavy atom. The van der Waals surface area contributed by atoms with Crippen molar-refractivity contribution in [2.45, 2.75) is 101 Å². The normalized spacial score (nSPS) is 12.8. The van der Waals surface area contributed by atoms with Crippen molar-refractivity contribution < 1.29 is 5.11 Å². The number of hydrogen-bond donors (Lipinski definition) is 1. The van der Waals surface area contributed by atoms with Crippen LogP contribution >= 0.6 is 11.3 Å². The van der Waals surface area contributed by atoms with Crippen LogP contribution in [0.25, 0.3) is 0 Å². The SMILES string of the molecule is CCCC[C](CCCC)(CCCC)[Sn][c]1cnc(C(C)(C)O)s1. The van der Waals surface area contributed by atoms with E-state index in [0.717, 1.165) is 5.01 Å². The molecule has 23 heavy (non-hydrogen) atoms. The van der Waals surface area contributed by atoms with Crippen molar-refractivity contribution in [1.82, 2.24) is 4.98 Å². The van der Waals surface area contributed by atoms with Crippen LogP contribution in [0.5, 0.6) is 0 Å². The summed E-state index contributed by atoms with van der Waals surface area (Å²) in [5.41, 5.74) is -0.790. The molecule has 1 aromatic rings. The summed E-state index contributed by atoms with van der Waals surface area (Å²) in [4.78, 5) is 4.52. The molecule has 1 rings (SSSR count). The fraction of sp³-hybridized carbons (Fsp3) is 0.842. The Labute approximate surface area is 157 Å². The van der Waals surface area contributed by atoms with Gasteiger partial charge in [0, 0.05) is 0 Å². The number of aliphatic hydroxyl groups is 1. The molecule has 0 bridgehead atoms. The van der Waals surface area contributed by atoms with E-state index < -0.39 is 26.7 Å². The van der Waals surface area contributed by atoms with E-state index >= 15 is 0 Å². The molecule has 132 valence electrons. The molecule has 0 unspecified atom stereocenters. The number of hydrogen-bond acceptors (Lipinski definition) is 3. The molecule has 4 heteroatoms. The van der Waals surface area contributed by atoms with Crippen molar-refractivity contribution in [2.24, 2.45) is 0 Å². The molecular formula is C19H35NOSSn. The maximum absolute atomic E-state index is 10.2. The van der Waals surface area contributed by atoms with E-state index in [2.05, 4.69) is 32.0 Å². The van der Waals surface area contributed by atoms with Gasteiger partial charge in [-0.2, -0.15) is 0 Å². The second-order valence-electron chi connectivity index (χ2n) is 7.30. The molecule has 0 aliphatic heterocycles. The summed E-state index contributed by atoms with van der Waals surface area (Å²) in [6, 6.07) is 0. The Morgan fingerprint density at radius 1 is 1.00 bits per heavy atom. The Hall–Kier alpha value is 0.389. The van der Waals surface area contributed by atoms with Gasteiger partial charge in [-0.05, 0) is 0 Å². The molecule has 0 spiro atoms. The maximum atomic E-state index is 10.2. The van der Waals surface area contributed by atoms with Crippen LogP contribution in [0, 0.1) is 0 Å². The van der Waals surface area contributed by atoms with Gasteiger partial charge in [-0.15, -0.1) is 0 Å². The monoisotopic (exact) mass is 445 g/mol. The predicted octanol–water partition coefficient (Wildman–Crippen LogP) is 5.43. The first-order valence-corrected chi connectivity index (χ1v) is 13.0. The third-order valence-electron chi connectivity index (χ3n) is 4.44. The zero-order chi connectivity index (χ0) is 17.3. The number of rotatable bonds is 12. The van der Waals surface area contributed by atoms with Crippen LogP contribution in [0.1, 0.15) is 97.4 Å². The van der Waals surface area contributed by atoms with Crippen molar-refractivity contribution in [2.75, 3.05) is 0 Å². The van der Waals surface area contributed by atoms with Gasteiger partial charge in [-0.3, -0.25) is 0 Å². The molecule has 1 aromatic heterocycles. The average molecular weight is 444 g/mol. The molecule has 0 saturated heterocycles. The standard InChI is InChI=1S/C13H27.C6H8NOS.Sn/c1-4-7-10-13(11-8-5-2)12-9-6-3;1-6(2,8)5-7-3-4-9-5;/h4-12H2,1-3H3;3,8H,1-2H3;. The minimum atomic E-state index is -0.790. The summed E-state index contributed by atoms with van der Waals surface area (Å²) in [6.45, 7) is 10.6. The van der Waals surface area contributed by atoms with Crippen LogP contribution in [0.2, 0.25) is 3.43 Å². The van der Waals surface area contributed by atoms with Gasteiger partial charge in [-0.25, -0.2) is 0 Å². The van der Waals surface area contributed by atoms with Gasteiger partial charge in [-0.1, -0.05) is 0 Å². The van der Waals surface area contributed by atoms with Gasteiger partial charge in [0.05, 0.1) is 0 Å². The van der Waals surface area contributed by atoms with Crippen LogP contribution in [0.3, 0.4) is 0 Å². The molecule has 2 radical (unpaired) electrons. The second-order valence-corrected chi connectivity index (χ2v) is 14.6. The molecule has 0 aliphatic carbocycles. The van der Waals surface area contributed by atoms with Crippen LogP contribution in [0.15, 0.2) is 6.20 Å². The second kappa shape index (κ2) is 10.4. The summed E-state index contributed by atoms with van der Waals surface area (Å²) in [5, 5.41) is 11.1. The number of thiazole rings is 1. The topological polar surface area (TPSA) is 33.1 Å². The zero-order valence-corrected chi connectivity index (χ0v) is 19.4. The van der Waals surface area contributed by atoms with Gasteiger partial charge in [0.1, 0.15) is 0 Å². The van der Waals surface area contributed by atoms with Crippen LogP contribution in [-0.2, 0) is 5.60 Å². The molecule has 0 aliphatic rings. The summed E-state index contributed by atoms with van der Waals surface area (Å²) in [7, 11) is 0. The van der Waals surface area contributed by atoms with Crippen molar-refractivity contribution in [3.63, 3.8) is 0 Å². The molecule has 2 nitrogen and oxygen atoms in total. The average Bonchev–Trinajstić information content (AvgIpc) is 2.97. The Bertz CT molecular complexity index is 417. The van der Waals surface area contributed by atoms with Gasteiger partial charge < -0.3 is 0 Å². The summed E-state index contributed by atoms with van der Waals surface area (Å²) in [5.74, 6) is 0. The number of nitrogens with zero attached hydrogens (tertiary/aromatic N) is 1. The summed E-state index contributed by atoms with van der Waals surface area (Å²) < 4.78 is 2.13. The van der Waals surface area contributed by atoms with Crippen molar-refractivity contribution in [1.29, 1.82) is 0 Å². The van der Waals surface area contributed by atoms with E-state index in [1.165, 1.54) is 60.7 Å². The molecule has 1 N–H and O–H groups in total. The molecule has 1 heterocycles. The molecular weight excluding hydrogens is 409 g/mol. The first-order valence-electron chi connectivity index (χ1n) is 9.33. The number of aromatic nitrogens is 1. The van der Waals surface area contributed by atoms with Crippen molar-refractivity contribution >= 4 is 35.4 Å². The summed E-state index contributed by atoms with van der Waals surface area (Å²) >= 11 is 1.09. The van der Waals surface area contributed by atoms with E-state index in [4.69, 9.17) is 0 Å². The first-order chi connectivity index (χ1) is 10.9. The number of unbranched alkanes of at least 4 members (excludes halogenated alkanes) is 3. The van der Waals surface area contributed by atoms with Crippen LogP contribution in [-0.4, -0.2) is 31.2 Å². The molecule has 0 atom stereocenters. The third kappa shape index (κ3) is 7.43. The minimum absolute atomic E-state index is 0.606. The quantitative estimate of drug-likeness (QED) is 0.437. The van der Waals surface area contributed by atoms with Crippen molar-refractivity contribution in [3.05, 3.63) is 11.2 Å². The molecule has 0 saturated carbocycles. The van der Waals surface area contributed by atoms with Crippen LogP contribution in [0.4, 0.5) is 0 Å². The van der Waals surface area contributed by atoms with E-state index in [1.54, 1.807) is 11.3 Å². The fourth-order valence-corrected chi connectivity index (χ4v) is 10.9. The fourth-order valence-electron chi connectivity index (χ4n) is 2.98. The van der Waals surface area contributed by atoms with Gasteiger partial charge in [0.2, 0.25) is 0 Å². The van der Waals surface area contributed by atoms with E-state index in [1.807, 2.05) is 13.8 Å².